The van der Waals surface area contributed by atoms with Crippen molar-refractivity contribution in [2.75, 3.05) is 12.0 Å². The number of rotatable bonds is 7. The van der Waals surface area contributed by atoms with E-state index in [1.54, 1.807) is 6.07 Å². The van der Waals surface area contributed by atoms with Gasteiger partial charge in [-0.05, 0) is 31.4 Å². The van der Waals surface area contributed by atoms with Gasteiger partial charge in [-0.1, -0.05) is 0 Å². The predicted octanol–water partition coefficient (Wildman–Crippen LogP) is -0.449. The zero-order chi connectivity index (χ0) is 14.4. The number of anilines is 1. The molecule has 1 aliphatic carbocycles. The van der Waals surface area contributed by atoms with Gasteiger partial charge in [0.05, 0.1) is 0 Å². The number of amides is 2. The van der Waals surface area contributed by atoms with Crippen molar-refractivity contribution in [1.29, 1.82) is 0 Å². The minimum Gasteiger partial charge on any atom is -0.353 e. The van der Waals surface area contributed by atoms with Crippen molar-refractivity contribution in [3.05, 3.63) is 17.8 Å². The molecule has 0 aromatic carbocycles. The second kappa shape index (κ2) is 6.80. The monoisotopic (exact) mass is 278 g/mol. The lowest BCUT2D eigenvalue weighted by Gasteiger charge is -2.05. The maximum absolute atomic E-state index is 11.7. The van der Waals surface area contributed by atoms with E-state index in [9.17, 15) is 9.59 Å². The molecule has 1 fully saturated rings. The molecule has 1 aromatic heterocycles. The summed E-state index contributed by atoms with van der Waals surface area (Å²) in [7, 11) is 0. The molecule has 1 saturated carbocycles. The van der Waals surface area contributed by atoms with Gasteiger partial charge in [0, 0.05) is 19.0 Å². The lowest BCUT2D eigenvalue weighted by atomic mass is 10.3. The molecule has 8 heteroatoms. The lowest BCUT2D eigenvalue weighted by Crippen LogP contribution is -2.29. The first-order chi connectivity index (χ1) is 9.69. The number of carbonyl (C=O) groups is 2. The second-order valence-corrected chi connectivity index (χ2v) is 4.65. The van der Waals surface area contributed by atoms with Crippen LogP contribution in [0.1, 0.15) is 36.2 Å². The van der Waals surface area contributed by atoms with E-state index in [0.29, 0.717) is 31.2 Å². The Morgan fingerprint density at radius 3 is 2.70 bits per heavy atom. The number of nitrogens with two attached hydrogens (primary N) is 1. The fraction of sp³-hybridized carbons (Fsp3) is 0.500. The van der Waals surface area contributed by atoms with Gasteiger partial charge in [-0.25, -0.2) is 5.84 Å². The quantitative estimate of drug-likeness (QED) is 0.304. The smallest absolute Gasteiger partial charge is 0.271 e. The fourth-order valence-electron chi connectivity index (χ4n) is 1.60. The average molecular weight is 278 g/mol. The van der Waals surface area contributed by atoms with E-state index in [1.807, 2.05) is 0 Å². The van der Waals surface area contributed by atoms with E-state index >= 15 is 0 Å². The minimum absolute atomic E-state index is 0.0416. The Kier molecular flexibility index (Phi) is 4.83. The highest BCUT2D eigenvalue weighted by Gasteiger charge is 2.22. The van der Waals surface area contributed by atoms with Crippen molar-refractivity contribution in [1.82, 2.24) is 20.8 Å². The van der Waals surface area contributed by atoms with Crippen LogP contribution in [0, 0.1) is 0 Å². The number of nitrogens with zero attached hydrogens (tertiary/aromatic N) is 2. The molecule has 20 heavy (non-hydrogen) atoms. The van der Waals surface area contributed by atoms with Gasteiger partial charge in [0.1, 0.15) is 0 Å². The summed E-state index contributed by atoms with van der Waals surface area (Å²) in [6.07, 6.45) is 3.17. The Labute approximate surface area is 116 Å². The van der Waals surface area contributed by atoms with Gasteiger partial charge in [-0.3, -0.25) is 9.59 Å². The van der Waals surface area contributed by atoms with E-state index in [2.05, 4.69) is 26.3 Å². The Hall–Kier alpha value is -2.22. The standard InChI is InChI=1S/C12H18N6O2/c13-16-10-6-5-9(17-18-10)12(20)14-7-1-2-11(19)15-8-3-4-8/h5-6,8H,1-4,7,13H2,(H,14,20)(H,15,19)(H,16,18). The van der Waals surface area contributed by atoms with Crippen LogP contribution in [0.25, 0.3) is 0 Å². The van der Waals surface area contributed by atoms with Crippen LogP contribution in [0.15, 0.2) is 12.1 Å². The summed E-state index contributed by atoms with van der Waals surface area (Å²) in [6, 6.07) is 3.46. The highest BCUT2D eigenvalue weighted by molar-refractivity contribution is 5.92. The van der Waals surface area contributed by atoms with Gasteiger partial charge in [0.25, 0.3) is 5.91 Å². The van der Waals surface area contributed by atoms with Crippen LogP contribution in [0.2, 0.25) is 0 Å². The molecular formula is C12H18N6O2. The minimum atomic E-state index is -0.316. The molecule has 0 radical (unpaired) electrons. The molecule has 0 unspecified atom stereocenters. The number of hydrazine groups is 1. The van der Waals surface area contributed by atoms with Gasteiger partial charge in [0.15, 0.2) is 11.5 Å². The largest absolute Gasteiger partial charge is 0.353 e. The van der Waals surface area contributed by atoms with Gasteiger partial charge < -0.3 is 16.1 Å². The van der Waals surface area contributed by atoms with E-state index in [4.69, 9.17) is 5.84 Å². The van der Waals surface area contributed by atoms with Crippen molar-refractivity contribution >= 4 is 17.6 Å². The molecule has 1 heterocycles. The molecule has 2 amide bonds. The summed E-state index contributed by atoms with van der Waals surface area (Å²) in [6.45, 7) is 0.426. The molecule has 108 valence electrons. The summed E-state index contributed by atoms with van der Waals surface area (Å²) >= 11 is 0. The highest BCUT2D eigenvalue weighted by atomic mass is 16.2. The molecule has 5 N–H and O–H groups in total. The average Bonchev–Trinajstić information content (AvgIpc) is 3.27. The van der Waals surface area contributed by atoms with Crippen LogP contribution < -0.4 is 21.9 Å². The number of hydrogen-bond acceptors (Lipinski definition) is 6. The van der Waals surface area contributed by atoms with Crippen molar-refractivity contribution in [3.63, 3.8) is 0 Å². The summed E-state index contributed by atoms with van der Waals surface area (Å²) in [5, 5.41) is 13.0. The topological polar surface area (TPSA) is 122 Å². The molecule has 0 bridgehead atoms. The van der Waals surface area contributed by atoms with E-state index < -0.39 is 0 Å². The van der Waals surface area contributed by atoms with E-state index in [-0.39, 0.29) is 17.5 Å². The molecular weight excluding hydrogens is 260 g/mol. The van der Waals surface area contributed by atoms with Crippen molar-refractivity contribution < 1.29 is 9.59 Å². The number of hydrogen-bond donors (Lipinski definition) is 4. The van der Waals surface area contributed by atoms with Gasteiger partial charge in [0.2, 0.25) is 5.91 Å². The number of nitrogens with one attached hydrogen (secondary N) is 3. The molecule has 0 spiro atoms. The van der Waals surface area contributed by atoms with Crippen LogP contribution in [-0.2, 0) is 4.79 Å². The first kappa shape index (κ1) is 14.2. The Morgan fingerprint density at radius 1 is 1.30 bits per heavy atom. The number of aromatic nitrogens is 2. The molecule has 0 aliphatic heterocycles. The van der Waals surface area contributed by atoms with E-state index in [1.165, 1.54) is 6.07 Å². The Bertz CT molecular complexity index is 471. The Morgan fingerprint density at radius 2 is 2.10 bits per heavy atom. The highest BCUT2D eigenvalue weighted by Crippen LogP contribution is 2.18. The van der Waals surface area contributed by atoms with Gasteiger partial charge in [-0.2, -0.15) is 0 Å². The SMILES string of the molecule is NNc1ccc(C(=O)NCCCC(=O)NC2CC2)nn1. The summed E-state index contributed by atoms with van der Waals surface area (Å²) < 4.78 is 0. The van der Waals surface area contributed by atoms with Gasteiger partial charge >= 0.3 is 0 Å². The molecule has 8 nitrogen and oxygen atoms in total. The maximum Gasteiger partial charge on any atom is 0.271 e. The maximum atomic E-state index is 11.7. The predicted molar refractivity (Wildman–Crippen MR) is 72.6 cm³/mol. The summed E-state index contributed by atoms with van der Waals surface area (Å²) in [5.41, 5.74) is 2.54. The van der Waals surface area contributed by atoms with Crippen LogP contribution in [0.3, 0.4) is 0 Å². The Balaban J connectivity index is 1.64. The molecule has 1 aliphatic rings. The van der Waals surface area contributed by atoms with Crippen molar-refractivity contribution in [2.24, 2.45) is 5.84 Å². The number of carbonyl (C=O) groups excluding carboxylic acids is 2. The zero-order valence-electron chi connectivity index (χ0n) is 11.1. The number of nitrogen functional groups attached to an aromatic ring is 1. The zero-order valence-corrected chi connectivity index (χ0v) is 11.1. The third-order valence-corrected chi connectivity index (χ3v) is 2.85. The normalized spacial score (nSPS) is 13.7. The van der Waals surface area contributed by atoms with Crippen LogP contribution >= 0.6 is 0 Å². The lowest BCUT2D eigenvalue weighted by molar-refractivity contribution is -0.121. The van der Waals surface area contributed by atoms with Crippen LogP contribution in [0.5, 0.6) is 0 Å². The molecule has 2 rings (SSSR count). The third kappa shape index (κ3) is 4.47. The second-order valence-electron chi connectivity index (χ2n) is 4.65. The molecule has 0 saturated heterocycles. The third-order valence-electron chi connectivity index (χ3n) is 2.85. The first-order valence-electron chi connectivity index (χ1n) is 6.57. The first-order valence-corrected chi connectivity index (χ1v) is 6.57. The van der Waals surface area contributed by atoms with Crippen LogP contribution in [0.4, 0.5) is 5.82 Å². The van der Waals surface area contributed by atoms with Crippen molar-refractivity contribution in [2.45, 2.75) is 31.7 Å². The summed E-state index contributed by atoms with van der Waals surface area (Å²) in [5.74, 6) is 5.26. The molecule has 0 atom stereocenters. The fourth-order valence-corrected chi connectivity index (χ4v) is 1.60. The molecule has 1 aromatic rings. The van der Waals surface area contributed by atoms with Gasteiger partial charge in [-0.15, -0.1) is 10.2 Å². The van der Waals surface area contributed by atoms with Crippen LogP contribution in [-0.4, -0.2) is 34.6 Å². The van der Waals surface area contributed by atoms with Crippen molar-refractivity contribution in [3.8, 4) is 0 Å². The van der Waals surface area contributed by atoms with E-state index in [0.717, 1.165) is 12.8 Å². The summed E-state index contributed by atoms with van der Waals surface area (Å²) in [4.78, 5) is 23.1.